The molecule has 1 aliphatic carbocycles. The van der Waals surface area contributed by atoms with Gasteiger partial charge in [0.25, 0.3) is 0 Å². The van der Waals surface area contributed by atoms with Crippen molar-refractivity contribution in [3.8, 4) is 0 Å². The fourth-order valence-electron chi connectivity index (χ4n) is 3.83. The van der Waals surface area contributed by atoms with Gasteiger partial charge in [-0.15, -0.1) is 0 Å². The van der Waals surface area contributed by atoms with Gasteiger partial charge >= 0.3 is 0 Å². The van der Waals surface area contributed by atoms with E-state index in [2.05, 4.69) is 35.8 Å². The zero-order valence-corrected chi connectivity index (χ0v) is 13.0. The van der Waals surface area contributed by atoms with E-state index in [-0.39, 0.29) is 0 Å². The van der Waals surface area contributed by atoms with E-state index in [1.165, 1.54) is 50.6 Å². The maximum absolute atomic E-state index is 6.38. The Hall–Kier alpha value is -0.730. The molecule has 3 unspecified atom stereocenters. The molecule has 2 nitrogen and oxygen atoms in total. The van der Waals surface area contributed by atoms with Crippen LogP contribution in [-0.2, 0) is 0 Å². The normalized spacial score (nSPS) is 30.4. The standard InChI is InChI=1S/C17H25ClN2/c1-12-8-9-17(14(18)11-12)20-16-6-3-2-5-13(16)15-7-4-10-19-15/h8-9,11,13,15-16,19-20H,2-7,10H2,1H3. The molecule has 0 amide bonds. The van der Waals surface area contributed by atoms with Gasteiger partial charge in [-0.2, -0.15) is 0 Å². The summed E-state index contributed by atoms with van der Waals surface area (Å²) in [7, 11) is 0. The van der Waals surface area contributed by atoms with Crippen LogP contribution in [0.25, 0.3) is 0 Å². The summed E-state index contributed by atoms with van der Waals surface area (Å²) in [5.74, 6) is 0.753. The molecule has 110 valence electrons. The van der Waals surface area contributed by atoms with Crippen molar-refractivity contribution in [3.05, 3.63) is 28.8 Å². The summed E-state index contributed by atoms with van der Waals surface area (Å²) in [5, 5.41) is 8.28. The minimum atomic E-state index is 0.569. The Morgan fingerprint density at radius 2 is 2.00 bits per heavy atom. The van der Waals surface area contributed by atoms with Gasteiger partial charge in [-0.05, 0) is 62.8 Å². The Balaban J connectivity index is 1.72. The van der Waals surface area contributed by atoms with Crippen molar-refractivity contribution >= 4 is 17.3 Å². The molecular weight excluding hydrogens is 268 g/mol. The van der Waals surface area contributed by atoms with E-state index >= 15 is 0 Å². The average Bonchev–Trinajstić information content (AvgIpc) is 2.96. The van der Waals surface area contributed by atoms with Gasteiger partial charge < -0.3 is 10.6 Å². The topological polar surface area (TPSA) is 24.1 Å². The van der Waals surface area contributed by atoms with Gasteiger partial charge in [-0.3, -0.25) is 0 Å². The molecule has 1 saturated heterocycles. The first-order valence-electron chi connectivity index (χ1n) is 8.00. The lowest BCUT2D eigenvalue weighted by Gasteiger charge is -2.37. The number of hydrogen-bond donors (Lipinski definition) is 2. The Kier molecular flexibility index (Phi) is 4.52. The molecule has 1 aromatic carbocycles. The van der Waals surface area contributed by atoms with Gasteiger partial charge in [-0.1, -0.05) is 30.5 Å². The first kappa shape index (κ1) is 14.2. The number of benzene rings is 1. The van der Waals surface area contributed by atoms with Crippen LogP contribution in [0, 0.1) is 12.8 Å². The molecule has 1 aliphatic heterocycles. The summed E-state index contributed by atoms with van der Waals surface area (Å²) >= 11 is 6.38. The average molecular weight is 293 g/mol. The third kappa shape index (κ3) is 3.12. The van der Waals surface area contributed by atoms with E-state index in [0.717, 1.165) is 16.6 Å². The van der Waals surface area contributed by atoms with Crippen LogP contribution in [0.1, 0.15) is 44.1 Å². The van der Waals surface area contributed by atoms with Gasteiger partial charge in [-0.25, -0.2) is 0 Å². The second-order valence-corrected chi connectivity index (χ2v) is 6.79. The molecule has 3 rings (SSSR count). The van der Waals surface area contributed by atoms with Crippen LogP contribution < -0.4 is 10.6 Å². The summed E-state index contributed by atoms with van der Waals surface area (Å²) in [6, 6.07) is 7.59. The minimum Gasteiger partial charge on any atom is -0.381 e. The molecule has 2 N–H and O–H groups in total. The molecule has 1 saturated carbocycles. The van der Waals surface area contributed by atoms with E-state index < -0.39 is 0 Å². The minimum absolute atomic E-state index is 0.569. The SMILES string of the molecule is Cc1ccc(NC2CCCCC2C2CCCN2)c(Cl)c1. The van der Waals surface area contributed by atoms with Crippen molar-refractivity contribution < 1.29 is 0 Å². The summed E-state index contributed by atoms with van der Waals surface area (Å²) in [6.45, 7) is 3.28. The predicted molar refractivity (Wildman–Crippen MR) is 86.6 cm³/mol. The Morgan fingerprint density at radius 1 is 1.15 bits per heavy atom. The van der Waals surface area contributed by atoms with E-state index in [1.54, 1.807) is 0 Å². The lowest BCUT2D eigenvalue weighted by molar-refractivity contribution is 0.263. The van der Waals surface area contributed by atoms with Gasteiger partial charge in [0.1, 0.15) is 0 Å². The summed E-state index contributed by atoms with van der Waals surface area (Å²) in [4.78, 5) is 0. The van der Waals surface area contributed by atoms with Crippen LogP contribution in [0.2, 0.25) is 5.02 Å². The number of nitrogens with one attached hydrogen (secondary N) is 2. The smallest absolute Gasteiger partial charge is 0.0640 e. The zero-order chi connectivity index (χ0) is 13.9. The fraction of sp³-hybridized carbons (Fsp3) is 0.647. The highest BCUT2D eigenvalue weighted by atomic mass is 35.5. The molecule has 3 atom stereocenters. The number of rotatable bonds is 3. The Morgan fingerprint density at radius 3 is 2.75 bits per heavy atom. The van der Waals surface area contributed by atoms with Crippen molar-refractivity contribution in [1.82, 2.24) is 5.32 Å². The van der Waals surface area contributed by atoms with Crippen LogP contribution in [0.5, 0.6) is 0 Å². The highest BCUT2D eigenvalue weighted by molar-refractivity contribution is 6.33. The van der Waals surface area contributed by atoms with Gasteiger partial charge in [0, 0.05) is 12.1 Å². The summed E-state index contributed by atoms with van der Waals surface area (Å²) in [6.07, 6.45) is 8.00. The first-order chi connectivity index (χ1) is 9.74. The number of hydrogen-bond acceptors (Lipinski definition) is 2. The molecule has 2 aliphatic rings. The van der Waals surface area contributed by atoms with Crippen molar-refractivity contribution in [1.29, 1.82) is 0 Å². The molecule has 0 spiro atoms. The van der Waals surface area contributed by atoms with Crippen LogP contribution in [-0.4, -0.2) is 18.6 Å². The van der Waals surface area contributed by atoms with Crippen LogP contribution >= 0.6 is 11.6 Å². The predicted octanol–water partition coefficient (Wildman–Crippen LogP) is 4.37. The molecule has 0 aromatic heterocycles. The van der Waals surface area contributed by atoms with Gasteiger partial charge in [0.15, 0.2) is 0 Å². The summed E-state index contributed by atoms with van der Waals surface area (Å²) < 4.78 is 0. The fourth-order valence-corrected chi connectivity index (χ4v) is 4.12. The van der Waals surface area contributed by atoms with Crippen LogP contribution in [0.4, 0.5) is 5.69 Å². The van der Waals surface area contributed by atoms with Crippen molar-refractivity contribution in [2.45, 2.75) is 57.5 Å². The van der Waals surface area contributed by atoms with Gasteiger partial charge in [0.2, 0.25) is 0 Å². The Bertz CT molecular complexity index is 454. The van der Waals surface area contributed by atoms with Crippen molar-refractivity contribution in [2.75, 3.05) is 11.9 Å². The first-order valence-corrected chi connectivity index (χ1v) is 8.38. The molecule has 1 aromatic rings. The molecule has 20 heavy (non-hydrogen) atoms. The third-order valence-corrected chi connectivity index (χ3v) is 5.21. The highest BCUT2D eigenvalue weighted by Crippen LogP contribution is 2.34. The van der Waals surface area contributed by atoms with E-state index in [4.69, 9.17) is 11.6 Å². The molecular formula is C17H25ClN2. The number of anilines is 1. The molecule has 2 fully saturated rings. The maximum atomic E-state index is 6.38. The lowest BCUT2D eigenvalue weighted by atomic mass is 9.79. The van der Waals surface area contributed by atoms with Crippen molar-refractivity contribution in [2.24, 2.45) is 5.92 Å². The number of aryl methyl sites for hydroxylation is 1. The van der Waals surface area contributed by atoms with E-state index in [1.807, 2.05) is 0 Å². The number of halogens is 1. The monoisotopic (exact) mass is 292 g/mol. The molecule has 0 radical (unpaired) electrons. The van der Waals surface area contributed by atoms with Crippen LogP contribution in [0.3, 0.4) is 0 Å². The summed E-state index contributed by atoms with van der Waals surface area (Å²) in [5.41, 5.74) is 2.32. The largest absolute Gasteiger partial charge is 0.381 e. The quantitative estimate of drug-likeness (QED) is 0.864. The molecule has 1 heterocycles. The van der Waals surface area contributed by atoms with Gasteiger partial charge in [0.05, 0.1) is 10.7 Å². The Labute approximate surface area is 127 Å². The molecule has 0 bridgehead atoms. The second-order valence-electron chi connectivity index (χ2n) is 6.39. The highest BCUT2D eigenvalue weighted by Gasteiger charge is 2.33. The van der Waals surface area contributed by atoms with Crippen LogP contribution in [0.15, 0.2) is 18.2 Å². The van der Waals surface area contributed by atoms with E-state index in [9.17, 15) is 0 Å². The zero-order valence-electron chi connectivity index (χ0n) is 12.3. The van der Waals surface area contributed by atoms with Crippen molar-refractivity contribution in [3.63, 3.8) is 0 Å². The maximum Gasteiger partial charge on any atom is 0.0640 e. The van der Waals surface area contributed by atoms with E-state index in [0.29, 0.717) is 12.1 Å². The second kappa shape index (κ2) is 6.36. The lowest BCUT2D eigenvalue weighted by Crippen LogP contribution is -2.43. The molecule has 3 heteroatoms. The third-order valence-electron chi connectivity index (χ3n) is 4.90.